The van der Waals surface area contributed by atoms with Crippen LogP contribution in [0.5, 0.6) is 5.88 Å². The minimum absolute atomic E-state index is 0.443. The predicted molar refractivity (Wildman–Crippen MR) is 85.4 cm³/mol. The van der Waals surface area contributed by atoms with Gasteiger partial charge in [-0.1, -0.05) is 13.8 Å². The number of nitrogens with two attached hydrogens (primary N) is 1. The Morgan fingerprint density at radius 3 is 2.81 bits per heavy atom. The number of aliphatic hydroxyl groups is 1. The molecule has 0 amide bonds. The van der Waals surface area contributed by atoms with E-state index in [-0.39, 0.29) is 0 Å². The molecule has 0 bridgehead atoms. The average molecular weight is 293 g/mol. The Bertz CT molecular complexity index is 471. The monoisotopic (exact) mass is 293 g/mol. The summed E-state index contributed by atoms with van der Waals surface area (Å²) in [7, 11) is 0. The van der Waals surface area contributed by atoms with Gasteiger partial charge in [0.2, 0.25) is 5.88 Å². The van der Waals surface area contributed by atoms with E-state index in [9.17, 15) is 5.11 Å². The van der Waals surface area contributed by atoms with Crippen LogP contribution in [-0.2, 0) is 0 Å². The summed E-state index contributed by atoms with van der Waals surface area (Å²) in [6.07, 6.45) is 3.20. The van der Waals surface area contributed by atoms with Crippen molar-refractivity contribution in [2.24, 2.45) is 11.8 Å². The summed E-state index contributed by atoms with van der Waals surface area (Å²) in [5, 5.41) is 13.5. The standard InChI is InChI=1S/C16H27N3O2/c1-11(2)8-16(3,20)10-18-14-7-6-13(17)15(19-14)21-9-12-4-5-12/h6-7,11-12,20H,4-5,8-10,17H2,1-3H3,(H,18,19). The van der Waals surface area contributed by atoms with Gasteiger partial charge >= 0.3 is 0 Å². The molecule has 1 aliphatic rings. The third-order valence-electron chi connectivity index (χ3n) is 3.54. The zero-order valence-corrected chi connectivity index (χ0v) is 13.2. The highest BCUT2D eigenvalue weighted by Crippen LogP contribution is 2.30. The first-order valence-electron chi connectivity index (χ1n) is 7.71. The summed E-state index contributed by atoms with van der Waals surface area (Å²) in [5.41, 5.74) is 5.67. The van der Waals surface area contributed by atoms with Crippen molar-refractivity contribution >= 4 is 11.5 Å². The molecule has 1 atom stereocenters. The number of hydrogen-bond acceptors (Lipinski definition) is 5. The third kappa shape index (κ3) is 5.42. The van der Waals surface area contributed by atoms with E-state index in [0.29, 0.717) is 42.4 Å². The maximum atomic E-state index is 10.3. The van der Waals surface area contributed by atoms with Crippen LogP contribution in [0.1, 0.15) is 40.0 Å². The summed E-state index contributed by atoms with van der Waals surface area (Å²) in [6, 6.07) is 3.60. The Balaban J connectivity index is 1.91. The minimum atomic E-state index is -0.758. The van der Waals surface area contributed by atoms with Crippen molar-refractivity contribution in [3.05, 3.63) is 12.1 Å². The van der Waals surface area contributed by atoms with Crippen LogP contribution in [0, 0.1) is 11.8 Å². The molecule has 2 rings (SSSR count). The van der Waals surface area contributed by atoms with E-state index < -0.39 is 5.60 Å². The van der Waals surface area contributed by atoms with Crippen LogP contribution in [-0.4, -0.2) is 28.8 Å². The summed E-state index contributed by atoms with van der Waals surface area (Å²) in [6.45, 7) is 7.16. The second-order valence-electron chi connectivity index (χ2n) is 6.79. The van der Waals surface area contributed by atoms with E-state index >= 15 is 0 Å². The molecule has 1 aliphatic carbocycles. The first-order chi connectivity index (χ1) is 9.85. The van der Waals surface area contributed by atoms with E-state index in [1.165, 1.54) is 12.8 Å². The zero-order valence-electron chi connectivity index (χ0n) is 13.2. The highest BCUT2D eigenvalue weighted by molar-refractivity contribution is 5.53. The van der Waals surface area contributed by atoms with Gasteiger partial charge in [0.05, 0.1) is 17.9 Å². The van der Waals surface area contributed by atoms with E-state index in [0.717, 1.165) is 6.42 Å². The summed E-state index contributed by atoms with van der Waals surface area (Å²) < 4.78 is 5.66. The van der Waals surface area contributed by atoms with Crippen LogP contribution >= 0.6 is 0 Å². The van der Waals surface area contributed by atoms with Crippen LogP contribution in [0.2, 0.25) is 0 Å². The molecule has 21 heavy (non-hydrogen) atoms. The van der Waals surface area contributed by atoms with Crippen LogP contribution in [0.4, 0.5) is 11.5 Å². The van der Waals surface area contributed by atoms with Crippen molar-refractivity contribution < 1.29 is 9.84 Å². The first kappa shape index (κ1) is 15.9. The number of aromatic nitrogens is 1. The van der Waals surface area contributed by atoms with Gasteiger partial charge in [0.15, 0.2) is 0 Å². The Labute approximate surface area is 126 Å². The van der Waals surface area contributed by atoms with Gasteiger partial charge in [0, 0.05) is 6.54 Å². The zero-order chi connectivity index (χ0) is 15.5. The second kappa shape index (κ2) is 6.52. The van der Waals surface area contributed by atoms with Gasteiger partial charge in [0.25, 0.3) is 0 Å². The van der Waals surface area contributed by atoms with Crippen LogP contribution in [0.3, 0.4) is 0 Å². The number of nitrogen functional groups attached to an aromatic ring is 1. The molecule has 0 aliphatic heterocycles. The molecule has 0 aromatic carbocycles. The number of nitrogens with zero attached hydrogens (tertiary/aromatic N) is 1. The smallest absolute Gasteiger partial charge is 0.239 e. The number of pyridine rings is 1. The number of ether oxygens (including phenoxy) is 1. The fraction of sp³-hybridized carbons (Fsp3) is 0.688. The molecule has 1 heterocycles. The van der Waals surface area contributed by atoms with Crippen molar-refractivity contribution in [3.63, 3.8) is 0 Å². The molecule has 1 aromatic heterocycles. The van der Waals surface area contributed by atoms with Gasteiger partial charge < -0.3 is 20.9 Å². The number of anilines is 2. The lowest BCUT2D eigenvalue weighted by molar-refractivity contribution is 0.0514. The Kier molecular flexibility index (Phi) is 4.93. The normalized spacial score (nSPS) is 17.6. The van der Waals surface area contributed by atoms with Crippen LogP contribution < -0.4 is 15.8 Å². The molecular formula is C16H27N3O2. The predicted octanol–water partition coefficient (Wildman–Crippen LogP) is 2.66. The minimum Gasteiger partial charge on any atom is -0.476 e. The fourth-order valence-electron chi connectivity index (χ4n) is 2.38. The Morgan fingerprint density at radius 2 is 2.19 bits per heavy atom. The molecule has 1 saturated carbocycles. The largest absolute Gasteiger partial charge is 0.476 e. The quantitative estimate of drug-likeness (QED) is 0.686. The van der Waals surface area contributed by atoms with Crippen molar-refractivity contribution in [3.8, 4) is 5.88 Å². The molecule has 4 N–H and O–H groups in total. The van der Waals surface area contributed by atoms with E-state index in [1.807, 2.05) is 13.0 Å². The van der Waals surface area contributed by atoms with Crippen molar-refractivity contribution in [2.45, 2.75) is 45.6 Å². The molecule has 0 radical (unpaired) electrons. The van der Waals surface area contributed by atoms with E-state index in [4.69, 9.17) is 10.5 Å². The molecule has 5 heteroatoms. The summed E-state index contributed by atoms with van der Waals surface area (Å²) in [5.74, 6) is 2.27. The molecule has 1 aromatic rings. The number of hydrogen-bond donors (Lipinski definition) is 3. The van der Waals surface area contributed by atoms with Gasteiger partial charge in [-0.2, -0.15) is 4.98 Å². The van der Waals surface area contributed by atoms with E-state index in [1.54, 1.807) is 6.07 Å². The van der Waals surface area contributed by atoms with Gasteiger partial charge in [-0.3, -0.25) is 0 Å². The van der Waals surface area contributed by atoms with E-state index in [2.05, 4.69) is 24.1 Å². The molecule has 0 spiro atoms. The number of nitrogens with one attached hydrogen (secondary N) is 1. The lowest BCUT2D eigenvalue weighted by atomic mass is 9.94. The van der Waals surface area contributed by atoms with Gasteiger partial charge in [-0.15, -0.1) is 0 Å². The molecule has 0 saturated heterocycles. The highest BCUT2D eigenvalue weighted by Gasteiger charge is 2.23. The Hall–Kier alpha value is -1.49. The fourth-order valence-corrected chi connectivity index (χ4v) is 2.38. The lowest BCUT2D eigenvalue weighted by Gasteiger charge is -2.26. The maximum absolute atomic E-state index is 10.3. The third-order valence-corrected chi connectivity index (χ3v) is 3.54. The molecule has 1 unspecified atom stereocenters. The average Bonchev–Trinajstić information content (AvgIpc) is 3.19. The topological polar surface area (TPSA) is 80.4 Å². The van der Waals surface area contributed by atoms with Crippen LogP contribution in [0.25, 0.3) is 0 Å². The van der Waals surface area contributed by atoms with Gasteiger partial charge in [0.1, 0.15) is 5.82 Å². The van der Waals surface area contributed by atoms with Crippen molar-refractivity contribution in [1.29, 1.82) is 0 Å². The molecule has 5 nitrogen and oxygen atoms in total. The first-order valence-corrected chi connectivity index (χ1v) is 7.71. The Morgan fingerprint density at radius 1 is 1.48 bits per heavy atom. The SMILES string of the molecule is CC(C)CC(C)(O)CNc1ccc(N)c(OCC2CC2)n1. The van der Waals surface area contributed by atoms with Gasteiger partial charge in [-0.05, 0) is 50.2 Å². The number of rotatable bonds is 8. The lowest BCUT2D eigenvalue weighted by Crippen LogP contribution is -2.35. The van der Waals surface area contributed by atoms with Crippen LogP contribution in [0.15, 0.2) is 12.1 Å². The highest BCUT2D eigenvalue weighted by atomic mass is 16.5. The maximum Gasteiger partial charge on any atom is 0.239 e. The second-order valence-corrected chi connectivity index (χ2v) is 6.79. The van der Waals surface area contributed by atoms with Gasteiger partial charge in [-0.25, -0.2) is 0 Å². The molecule has 1 fully saturated rings. The van der Waals surface area contributed by atoms with Crippen molar-refractivity contribution in [1.82, 2.24) is 4.98 Å². The summed E-state index contributed by atoms with van der Waals surface area (Å²) in [4.78, 5) is 4.38. The molecule has 118 valence electrons. The molecular weight excluding hydrogens is 266 g/mol. The summed E-state index contributed by atoms with van der Waals surface area (Å²) >= 11 is 0. The van der Waals surface area contributed by atoms with Crippen molar-refractivity contribution in [2.75, 3.05) is 24.2 Å².